The molecule has 2 aromatic heterocycles. The number of aromatic nitrogens is 4. The minimum atomic E-state index is -0.314. The van der Waals surface area contributed by atoms with Crippen molar-refractivity contribution in [1.29, 1.82) is 0 Å². The molecular formula is C18H20N4O2. The second kappa shape index (κ2) is 6.70. The zero-order chi connectivity index (χ0) is 17.1. The van der Waals surface area contributed by atoms with Crippen molar-refractivity contribution in [2.75, 3.05) is 6.61 Å². The third-order valence-electron chi connectivity index (χ3n) is 4.15. The fourth-order valence-electron chi connectivity index (χ4n) is 2.69. The molecule has 0 bridgehead atoms. The van der Waals surface area contributed by atoms with Crippen molar-refractivity contribution in [1.82, 2.24) is 19.3 Å². The van der Waals surface area contributed by atoms with Crippen molar-refractivity contribution in [3.8, 4) is 5.69 Å². The summed E-state index contributed by atoms with van der Waals surface area (Å²) >= 11 is 0. The van der Waals surface area contributed by atoms with Gasteiger partial charge in [-0.05, 0) is 43.7 Å². The van der Waals surface area contributed by atoms with Crippen molar-refractivity contribution < 1.29 is 9.53 Å². The van der Waals surface area contributed by atoms with Crippen LogP contribution in [-0.4, -0.2) is 31.9 Å². The number of benzene rings is 1. The minimum absolute atomic E-state index is 0.314. The van der Waals surface area contributed by atoms with Crippen LogP contribution in [0.1, 0.15) is 27.3 Å². The number of carbonyl (C=O) groups excluding carboxylic acids is 1. The first-order chi connectivity index (χ1) is 11.6. The molecule has 3 rings (SSSR count). The Morgan fingerprint density at radius 1 is 1.21 bits per heavy atom. The van der Waals surface area contributed by atoms with Gasteiger partial charge in [0.05, 0.1) is 24.2 Å². The van der Waals surface area contributed by atoms with Crippen LogP contribution in [0.15, 0.2) is 43.0 Å². The molecule has 0 aliphatic rings. The molecule has 0 amide bonds. The van der Waals surface area contributed by atoms with E-state index < -0.39 is 0 Å². The number of aryl methyl sites for hydroxylation is 2. The first-order valence-corrected chi connectivity index (χ1v) is 7.81. The molecule has 3 aromatic rings. The van der Waals surface area contributed by atoms with E-state index in [1.807, 2.05) is 48.5 Å². The normalized spacial score (nSPS) is 10.8. The van der Waals surface area contributed by atoms with Crippen molar-refractivity contribution in [3.05, 3.63) is 65.5 Å². The van der Waals surface area contributed by atoms with Gasteiger partial charge < -0.3 is 9.30 Å². The molecule has 6 heteroatoms. The highest BCUT2D eigenvalue weighted by atomic mass is 16.5. The number of ether oxygens (including phenoxy) is 1. The Bertz CT molecular complexity index is 833. The minimum Gasteiger partial charge on any atom is -0.462 e. The number of esters is 1. The fraction of sp³-hybridized carbons (Fsp3) is 0.278. The van der Waals surface area contributed by atoms with E-state index in [0.29, 0.717) is 18.6 Å². The van der Waals surface area contributed by atoms with Crippen molar-refractivity contribution in [2.24, 2.45) is 7.05 Å². The smallest absolute Gasteiger partial charge is 0.338 e. The number of rotatable bonds is 5. The van der Waals surface area contributed by atoms with E-state index >= 15 is 0 Å². The lowest BCUT2D eigenvalue weighted by Gasteiger charge is -2.07. The highest BCUT2D eigenvalue weighted by Gasteiger charge is 2.11. The van der Waals surface area contributed by atoms with Gasteiger partial charge in [0.2, 0.25) is 0 Å². The molecule has 0 aliphatic carbocycles. The monoisotopic (exact) mass is 324 g/mol. The van der Waals surface area contributed by atoms with Crippen LogP contribution >= 0.6 is 0 Å². The average Bonchev–Trinajstić information content (AvgIpc) is 3.19. The van der Waals surface area contributed by atoms with Crippen LogP contribution in [0, 0.1) is 13.8 Å². The van der Waals surface area contributed by atoms with Gasteiger partial charge in [0.25, 0.3) is 0 Å². The molecule has 0 saturated heterocycles. The Kier molecular flexibility index (Phi) is 4.46. The maximum Gasteiger partial charge on any atom is 0.338 e. The van der Waals surface area contributed by atoms with Gasteiger partial charge in [-0.2, -0.15) is 5.10 Å². The third kappa shape index (κ3) is 3.22. The number of hydrogen-bond acceptors (Lipinski definition) is 4. The topological polar surface area (TPSA) is 61.9 Å². The standard InChI is InChI=1S/C18H20N4O2/c1-13-17(14(2)21(3)20-13)8-11-24-18(23)15-4-6-16(7-5-15)22-10-9-19-12-22/h4-7,9-10,12H,8,11H2,1-3H3. The van der Waals surface area contributed by atoms with Crippen LogP contribution < -0.4 is 0 Å². The van der Waals surface area contributed by atoms with E-state index in [0.717, 1.165) is 22.6 Å². The first kappa shape index (κ1) is 16.0. The van der Waals surface area contributed by atoms with E-state index in [4.69, 9.17) is 4.74 Å². The zero-order valence-corrected chi connectivity index (χ0v) is 14.1. The summed E-state index contributed by atoms with van der Waals surface area (Å²) < 4.78 is 9.11. The largest absolute Gasteiger partial charge is 0.462 e. The Balaban J connectivity index is 1.59. The summed E-state index contributed by atoms with van der Waals surface area (Å²) in [5.74, 6) is -0.314. The number of imidazole rings is 1. The summed E-state index contributed by atoms with van der Waals surface area (Å²) in [6, 6.07) is 7.26. The van der Waals surface area contributed by atoms with Crippen molar-refractivity contribution in [3.63, 3.8) is 0 Å². The lowest BCUT2D eigenvalue weighted by atomic mass is 10.1. The van der Waals surface area contributed by atoms with Crippen molar-refractivity contribution in [2.45, 2.75) is 20.3 Å². The van der Waals surface area contributed by atoms with Crippen molar-refractivity contribution >= 4 is 5.97 Å². The quantitative estimate of drug-likeness (QED) is 0.677. The molecular weight excluding hydrogens is 304 g/mol. The van der Waals surface area contributed by atoms with Gasteiger partial charge in [0, 0.05) is 37.2 Å². The molecule has 124 valence electrons. The molecule has 0 unspecified atom stereocenters. The maximum atomic E-state index is 12.1. The van der Waals surface area contributed by atoms with Gasteiger partial charge in [0.15, 0.2) is 0 Å². The fourth-order valence-corrected chi connectivity index (χ4v) is 2.69. The van der Waals surface area contributed by atoms with E-state index in [1.165, 1.54) is 0 Å². The van der Waals surface area contributed by atoms with Crippen LogP contribution in [0.25, 0.3) is 5.69 Å². The van der Waals surface area contributed by atoms with Gasteiger partial charge in [-0.1, -0.05) is 0 Å². The summed E-state index contributed by atoms with van der Waals surface area (Å²) in [6.07, 6.45) is 5.95. The molecule has 6 nitrogen and oxygen atoms in total. The Labute approximate surface area is 140 Å². The predicted octanol–water partition coefficient (Wildman–Crippen LogP) is 2.62. The van der Waals surface area contributed by atoms with E-state index in [-0.39, 0.29) is 5.97 Å². The predicted molar refractivity (Wildman–Crippen MR) is 90.2 cm³/mol. The number of carbonyl (C=O) groups is 1. The maximum absolute atomic E-state index is 12.1. The highest BCUT2D eigenvalue weighted by molar-refractivity contribution is 5.89. The summed E-state index contributed by atoms with van der Waals surface area (Å²) in [5.41, 5.74) is 4.72. The van der Waals surface area contributed by atoms with E-state index in [2.05, 4.69) is 10.1 Å². The van der Waals surface area contributed by atoms with Gasteiger partial charge in [0.1, 0.15) is 0 Å². The van der Waals surface area contributed by atoms with Crippen LogP contribution in [0.4, 0.5) is 0 Å². The highest BCUT2D eigenvalue weighted by Crippen LogP contribution is 2.14. The molecule has 0 saturated carbocycles. The molecule has 0 fully saturated rings. The van der Waals surface area contributed by atoms with E-state index in [1.54, 1.807) is 24.7 Å². The molecule has 1 aromatic carbocycles. The van der Waals surface area contributed by atoms with Crippen LogP contribution in [0.3, 0.4) is 0 Å². The van der Waals surface area contributed by atoms with Gasteiger partial charge in [-0.3, -0.25) is 4.68 Å². The van der Waals surface area contributed by atoms with Crippen LogP contribution in [0.2, 0.25) is 0 Å². The lowest BCUT2D eigenvalue weighted by Crippen LogP contribution is -2.09. The summed E-state index contributed by atoms with van der Waals surface area (Å²) in [7, 11) is 1.92. The van der Waals surface area contributed by atoms with E-state index in [9.17, 15) is 4.79 Å². The van der Waals surface area contributed by atoms with Crippen LogP contribution in [-0.2, 0) is 18.2 Å². The SMILES string of the molecule is Cc1nn(C)c(C)c1CCOC(=O)c1ccc(-n2ccnc2)cc1. The number of hydrogen-bond donors (Lipinski definition) is 0. The first-order valence-electron chi connectivity index (χ1n) is 7.81. The number of nitrogens with zero attached hydrogens (tertiary/aromatic N) is 4. The Hall–Kier alpha value is -2.89. The van der Waals surface area contributed by atoms with Gasteiger partial charge in [-0.15, -0.1) is 0 Å². The molecule has 0 atom stereocenters. The Morgan fingerprint density at radius 2 is 1.96 bits per heavy atom. The lowest BCUT2D eigenvalue weighted by molar-refractivity contribution is 0.0509. The van der Waals surface area contributed by atoms with Gasteiger partial charge in [-0.25, -0.2) is 9.78 Å². The molecule has 0 N–H and O–H groups in total. The molecule has 0 spiro atoms. The molecule has 24 heavy (non-hydrogen) atoms. The molecule has 0 aliphatic heterocycles. The van der Waals surface area contributed by atoms with Crippen LogP contribution in [0.5, 0.6) is 0 Å². The zero-order valence-electron chi connectivity index (χ0n) is 14.1. The summed E-state index contributed by atoms with van der Waals surface area (Å²) in [4.78, 5) is 16.2. The second-order valence-electron chi connectivity index (χ2n) is 5.68. The molecule has 2 heterocycles. The molecule has 0 radical (unpaired) electrons. The second-order valence-corrected chi connectivity index (χ2v) is 5.68. The Morgan fingerprint density at radius 3 is 2.54 bits per heavy atom. The summed E-state index contributed by atoms with van der Waals surface area (Å²) in [5, 5.41) is 4.37. The summed E-state index contributed by atoms with van der Waals surface area (Å²) in [6.45, 7) is 4.33. The van der Waals surface area contributed by atoms with Gasteiger partial charge >= 0.3 is 5.97 Å². The average molecular weight is 324 g/mol. The third-order valence-corrected chi connectivity index (χ3v) is 4.15.